The zero-order chi connectivity index (χ0) is 14.2. The first-order valence-corrected chi connectivity index (χ1v) is 9.18. The standard InChI is InChI=1S/C13H22N4OS2.ClH/c1-2-3-4-5-12-16-17-13(20-12)15-11(18)8-10-9-19-7-6-14-10;/h10,14H,2-9H2,1H3,(H,15,17,18);1H. The van der Waals surface area contributed by atoms with E-state index in [1.807, 2.05) is 11.8 Å². The van der Waals surface area contributed by atoms with Gasteiger partial charge in [-0.05, 0) is 6.42 Å². The van der Waals surface area contributed by atoms with Gasteiger partial charge < -0.3 is 10.6 Å². The van der Waals surface area contributed by atoms with Crippen LogP contribution in [0.1, 0.15) is 37.6 Å². The van der Waals surface area contributed by atoms with Crippen molar-refractivity contribution in [2.45, 2.75) is 45.1 Å². The second-order valence-corrected chi connectivity index (χ2v) is 7.15. The fourth-order valence-corrected chi connectivity index (χ4v) is 3.82. The van der Waals surface area contributed by atoms with Gasteiger partial charge in [-0.2, -0.15) is 11.8 Å². The van der Waals surface area contributed by atoms with Crippen LogP contribution in [-0.2, 0) is 11.2 Å². The monoisotopic (exact) mass is 350 g/mol. The molecule has 1 aromatic rings. The minimum atomic E-state index is 0. The lowest BCUT2D eigenvalue weighted by Crippen LogP contribution is -2.39. The van der Waals surface area contributed by atoms with Crippen LogP contribution in [0.2, 0.25) is 0 Å². The maximum absolute atomic E-state index is 11.9. The summed E-state index contributed by atoms with van der Waals surface area (Å²) in [4.78, 5) is 11.9. The summed E-state index contributed by atoms with van der Waals surface area (Å²) in [5.74, 6) is 2.17. The number of aromatic nitrogens is 2. The van der Waals surface area contributed by atoms with E-state index in [-0.39, 0.29) is 24.4 Å². The lowest BCUT2D eigenvalue weighted by molar-refractivity contribution is -0.116. The summed E-state index contributed by atoms with van der Waals surface area (Å²) >= 11 is 3.39. The van der Waals surface area contributed by atoms with E-state index in [4.69, 9.17) is 0 Å². The quantitative estimate of drug-likeness (QED) is 0.740. The van der Waals surface area contributed by atoms with E-state index in [0.717, 1.165) is 35.9 Å². The third-order valence-corrected chi connectivity index (χ3v) is 5.17. The molecule has 0 radical (unpaired) electrons. The Morgan fingerprint density at radius 3 is 3.00 bits per heavy atom. The number of unbranched alkanes of at least 4 members (excludes halogenated alkanes) is 2. The van der Waals surface area contributed by atoms with Gasteiger partial charge in [0.15, 0.2) is 0 Å². The number of amides is 1. The molecular formula is C13H23ClN4OS2. The molecule has 1 aromatic heterocycles. The topological polar surface area (TPSA) is 66.9 Å². The van der Waals surface area contributed by atoms with Crippen molar-refractivity contribution in [3.63, 3.8) is 0 Å². The third-order valence-electron chi connectivity index (χ3n) is 3.14. The highest BCUT2D eigenvalue weighted by Gasteiger charge is 2.17. The molecule has 2 heterocycles. The van der Waals surface area contributed by atoms with Crippen molar-refractivity contribution in [3.05, 3.63) is 5.01 Å². The van der Waals surface area contributed by atoms with Crippen molar-refractivity contribution < 1.29 is 4.79 Å². The molecule has 0 aliphatic carbocycles. The number of halogens is 1. The number of thioether (sulfide) groups is 1. The normalized spacial score (nSPS) is 18.0. The fourth-order valence-electron chi connectivity index (χ4n) is 2.08. The second-order valence-electron chi connectivity index (χ2n) is 4.94. The highest BCUT2D eigenvalue weighted by molar-refractivity contribution is 7.99. The van der Waals surface area contributed by atoms with Gasteiger partial charge in [-0.15, -0.1) is 22.6 Å². The number of rotatable bonds is 7. The molecule has 8 heteroatoms. The van der Waals surface area contributed by atoms with E-state index in [0.29, 0.717) is 11.6 Å². The molecule has 1 amide bonds. The molecule has 0 aromatic carbocycles. The van der Waals surface area contributed by atoms with Crippen molar-refractivity contribution >= 4 is 46.5 Å². The van der Waals surface area contributed by atoms with Crippen LogP contribution in [0.3, 0.4) is 0 Å². The Kier molecular flexibility index (Phi) is 9.23. The largest absolute Gasteiger partial charge is 0.312 e. The van der Waals surface area contributed by atoms with Gasteiger partial charge in [-0.25, -0.2) is 0 Å². The number of carbonyl (C=O) groups excluding carboxylic acids is 1. The first-order chi connectivity index (χ1) is 9.78. The molecule has 1 unspecified atom stereocenters. The number of hydrogen-bond acceptors (Lipinski definition) is 6. The minimum absolute atomic E-state index is 0. The Morgan fingerprint density at radius 1 is 1.43 bits per heavy atom. The average molecular weight is 351 g/mol. The molecule has 2 N–H and O–H groups in total. The number of carbonyl (C=O) groups is 1. The van der Waals surface area contributed by atoms with Gasteiger partial charge in [0.25, 0.3) is 0 Å². The SMILES string of the molecule is CCCCCc1nnc(NC(=O)CC2CSCCN2)s1.Cl. The predicted molar refractivity (Wildman–Crippen MR) is 92.7 cm³/mol. The van der Waals surface area contributed by atoms with E-state index < -0.39 is 0 Å². The van der Waals surface area contributed by atoms with E-state index in [1.165, 1.54) is 24.2 Å². The van der Waals surface area contributed by atoms with E-state index in [1.54, 1.807) is 0 Å². The molecule has 2 rings (SSSR count). The summed E-state index contributed by atoms with van der Waals surface area (Å²) in [7, 11) is 0. The molecule has 21 heavy (non-hydrogen) atoms. The molecule has 1 atom stereocenters. The van der Waals surface area contributed by atoms with Crippen molar-refractivity contribution in [2.24, 2.45) is 0 Å². The summed E-state index contributed by atoms with van der Waals surface area (Å²) in [6, 6.07) is 0.283. The fraction of sp³-hybridized carbons (Fsp3) is 0.769. The Hall–Kier alpha value is -0.370. The lowest BCUT2D eigenvalue weighted by atomic mass is 10.2. The smallest absolute Gasteiger partial charge is 0.227 e. The van der Waals surface area contributed by atoms with Gasteiger partial charge in [0.1, 0.15) is 5.01 Å². The molecule has 1 aliphatic heterocycles. The average Bonchev–Trinajstić information content (AvgIpc) is 2.87. The molecule has 0 saturated carbocycles. The number of aryl methyl sites for hydroxylation is 1. The van der Waals surface area contributed by atoms with Crippen molar-refractivity contribution in [1.82, 2.24) is 15.5 Å². The molecular weight excluding hydrogens is 328 g/mol. The summed E-state index contributed by atoms with van der Waals surface area (Å²) in [6.45, 7) is 3.17. The third kappa shape index (κ3) is 6.95. The summed E-state index contributed by atoms with van der Waals surface area (Å²) in [6.07, 6.45) is 5.03. The first kappa shape index (κ1) is 18.7. The van der Waals surface area contributed by atoms with Crippen LogP contribution in [-0.4, -0.2) is 40.2 Å². The molecule has 1 aliphatic rings. The lowest BCUT2D eigenvalue weighted by Gasteiger charge is -2.22. The minimum Gasteiger partial charge on any atom is -0.312 e. The van der Waals surface area contributed by atoms with Gasteiger partial charge >= 0.3 is 0 Å². The van der Waals surface area contributed by atoms with Gasteiger partial charge in [0.05, 0.1) is 0 Å². The van der Waals surface area contributed by atoms with Crippen LogP contribution in [0, 0.1) is 0 Å². The Labute approximate surface area is 140 Å². The number of hydrogen-bond donors (Lipinski definition) is 2. The van der Waals surface area contributed by atoms with Crippen LogP contribution in [0.25, 0.3) is 0 Å². The second kappa shape index (κ2) is 10.4. The maximum atomic E-state index is 11.9. The van der Waals surface area contributed by atoms with E-state index >= 15 is 0 Å². The number of nitrogens with one attached hydrogen (secondary N) is 2. The van der Waals surface area contributed by atoms with Crippen molar-refractivity contribution in [2.75, 3.05) is 23.4 Å². The van der Waals surface area contributed by atoms with Crippen LogP contribution >= 0.6 is 35.5 Å². The number of anilines is 1. The van der Waals surface area contributed by atoms with Crippen LogP contribution in [0.4, 0.5) is 5.13 Å². The first-order valence-electron chi connectivity index (χ1n) is 7.21. The van der Waals surface area contributed by atoms with Gasteiger partial charge in [-0.1, -0.05) is 31.1 Å². The molecule has 0 spiro atoms. The highest BCUT2D eigenvalue weighted by atomic mass is 35.5. The Morgan fingerprint density at radius 2 is 2.29 bits per heavy atom. The van der Waals surface area contributed by atoms with Gasteiger partial charge in [-0.3, -0.25) is 4.79 Å². The van der Waals surface area contributed by atoms with Crippen LogP contribution < -0.4 is 10.6 Å². The maximum Gasteiger partial charge on any atom is 0.227 e. The molecule has 0 bridgehead atoms. The zero-order valence-corrected chi connectivity index (χ0v) is 14.7. The van der Waals surface area contributed by atoms with Gasteiger partial charge in [0.2, 0.25) is 11.0 Å². The van der Waals surface area contributed by atoms with Crippen molar-refractivity contribution in [1.29, 1.82) is 0 Å². The van der Waals surface area contributed by atoms with E-state index in [9.17, 15) is 4.79 Å². The summed E-state index contributed by atoms with van der Waals surface area (Å²) < 4.78 is 0. The van der Waals surface area contributed by atoms with Gasteiger partial charge in [0, 0.05) is 36.9 Å². The Balaban J connectivity index is 0.00000220. The highest BCUT2D eigenvalue weighted by Crippen LogP contribution is 2.18. The Bertz CT molecular complexity index is 424. The molecule has 5 nitrogen and oxygen atoms in total. The molecule has 1 fully saturated rings. The van der Waals surface area contributed by atoms with Crippen molar-refractivity contribution in [3.8, 4) is 0 Å². The summed E-state index contributed by atoms with van der Waals surface area (Å²) in [5, 5.41) is 16.0. The van der Waals surface area contributed by atoms with E-state index in [2.05, 4.69) is 27.8 Å². The number of nitrogens with zero attached hydrogens (tertiary/aromatic N) is 2. The zero-order valence-electron chi connectivity index (χ0n) is 12.3. The molecule has 120 valence electrons. The summed E-state index contributed by atoms with van der Waals surface area (Å²) in [5.41, 5.74) is 0. The predicted octanol–water partition coefficient (Wildman–Crippen LogP) is 2.73. The molecule has 1 saturated heterocycles. The van der Waals surface area contributed by atoms with Crippen LogP contribution in [0.5, 0.6) is 0 Å². The van der Waals surface area contributed by atoms with Crippen LogP contribution in [0.15, 0.2) is 0 Å².